The first kappa shape index (κ1) is 11.4. The Balaban J connectivity index is 4.02. The van der Waals surface area contributed by atoms with E-state index in [9.17, 15) is 0 Å². The zero-order valence-corrected chi connectivity index (χ0v) is 8.47. The van der Waals surface area contributed by atoms with Crippen LogP contribution < -0.4 is 0 Å². The highest BCUT2D eigenvalue weighted by atomic mass is 16.5. The zero-order chi connectivity index (χ0) is 9.61. The van der Waals surface area contributed by atoms with E-state index in [-0.39, 0.29) is 11.5 Å². The Labute approximate surface area is 76.1 Å². The van der Waals surface area contributed by atoms with Crippen LogP contribution in [-0.2, 0) is 4.74 Å². The molecule has 0 spiro atoms. The van der Waals surface area contributed by atoms with Crippen molar-refractivity contribution >= 4 is 0 Å². The Morgan fingerprint density at radius 1 is 1.25 bits per heavy atom. The number of ether oxygens (including phenoxy) is 1. The molecule has 0 aromatic heterocycles. The highest BCUT2D eigenvalue weighted by Crippen LogP contribution is 2.24. The molecule has 0 aromatic rings. The standard InChI is InChI=1S/C11H20O/c1-6-8-10(11(3,4)5)12-9-7-2/h6-7,10H,1-2,8-9H2,3-5H3. The maximum Gasteiger partial charge on any atom is 0.0661 e. The topological polar surface area (TPSA) is 9.23 Å². The van der Waals surface area contributed by atoms with Crippen LogP contribution in [0.15, 0.2) is 25.3 Å². The number of rotatable bonds is 5. The number of hydrogen-bond acceptors (Lipinski definition) is 1. The molecule has 0 saturated carbocycles. The van der Waals surface area contributed by atoms with Crippen molar-refractivity contribution in [2.75, 3.05) is 6.61 Å². The summed E-state index contributed by atoms with van der Waals surface area (Å²) in [6.45, 7) is 14.5. The zero-order valence-electron chi connectivity index (χ0n) is 8.47. The summed E-state index contributed by atoms with van der Waals surface area (Å²) in [4.78, 5) is 0. The van der Waals surface area contributed by atoms with Crippen molar-refractivity contribution in [3.63, 3.8) is 0 Å². The van der Waals surface area contributed by atoms with Crippen molar-refractivity contribution in [3.8, 4) is 0 Å². The predicted octanol–water partition coefficient (Wildman–Crippen LogP) is 3.18. The van der Waals surface area contributed by atoms with Gasteiger partial charge in [-0.25, -0.2) is 0 Å². The van der Waals surface area contributed by atoms with Gasteiger partial charge in [0.1, 0.15) is 0 Å². The molecule has 0 N–H and O–H groups in total. The quantitative estimate of drug-likeness (QED) is 0.573. The molecule has 1 atom stereocenters. The van der Waals surface area contributed by atoms with Crippen LogP contribution in [0.3, 0.4) is 0 Å². The van der Waals surface area contributed by atoms with Gasteiger partial charge in [0.05, 0.1) is 12.7 Å². The molecule has 0 heterocycles. The van der Waals surface area contributed by atoms with E-state index in [1.807, 2.05) is 6.08 Å². The van der Waals surface area contributed by atoms with Crippen LogP contribution in [-0.4, -0.2) is 12.7 Å². The molecule has 1 unspecified atom stereocenters. The average Bonchev–Trinajstić information content (AvgIpc) is 1.95. The predicted molar refractivity (Wildman–Crippen MR) is 54.2 cm³/mol. The van der Waals surface area contributed by atoms with Gasteiger partial charge in [-0.1, -0.05) is 32.9 Å². The van der Waals surface area contributed by atoms with Gasteiger partial charge in [0.15, 0.2) is 0 Å². The summed E-state index contributed by atoms with van der Waals surface area (Å²) in [7, 11) is 0. The third kappa shape index (κ3) is 4.35. The number of hydrogen-bond donors (Lipinski definition) is 0. The fraction of sp³-hybridized carbons (Fsp3) is 0.636. The van der Waals surface area contributed by atoms with Crippen LogP contribution in [0.2, 0.25) is 0 Å². The lowest BCUT2D eigenvalue weighted by molar-refractivity contribution is -0.000642. The Hall–Kier alpha value is -0.560. The first-order valence-corrected chi connectivity index (χ1v) is 4.35. The lowest BCUT2D eigenvalue weighted by Crippen LogP contribution is -2.28. The van der Waals surface area contributed by atoms with Crippen molar-refractivity contribution < 1.29 is 4.74 Å². The second kappa shape index (κ2) is 5.15. The van der Waals surface area contributed by atoms with Gasteiger partial charge in [0, 0.05) is 0 Å². The molecule has 0 aliphatic heterocycles. The molecule has 0 bridgehead atoms. The van der Waals surface area contributed by atoms with Crippen LogP contribution >= 0.6 is 0 Å². The molecule has 0 aliphatic carbocycles. The summed E-state index contributed by atoms with van der Waals surface area (Å²) in [5.41, 5.74) is 0.178. The van der Waals surface area contributed by atoms with E-state index < -0.39 is 0 Å². The van der Waals surface area contributed by atoms with Gasteiger partial charge in [-0.15, -0.1) is 13.2 Å². The molecule has 1 heteroatoms. The average molecular weight is 168 g/mol. The minimum atomic E-state index is 0.178. The SMILES string of the molecule is C=CCOC(CC=C)C(C)(C)C. The van der Waals surface area contributed by atoms with E-state index >= 15 is 0 Å². The molecule has 0 fully saturated rings. The largest absolute Gasteiger partial charge is 0.373 e. The van der Waals surface area contributed by atoms with Gasteiger partial charge in [0.25, 0.3) is 0 Å². The van der Waals surface area contributed by atoms with Crippen LogP contribution in [0.25, 0.3) is 0 Å². The fourth-order valence-corrected chi connectivity index (χ4v) is 1.01. The van der Waals surface area contributed by atoms with Crippen molar-refractivity contribution in [3.05, 3.63) is 25.3 Å². The van der Waals surface area contributed by atoms with E-state index in [2.05, 4.69) is 33.9 Å². The molecular formula is C11H20O. The molecule has 0 radical (unpaired) electrons. The van der Waals surface area contributed by atoms with Crippen molar-refractivity contribution in [2.45, 2.75) is 33.3 Å². The molecule has 0 saturated heterocycles. The van der Waals surface area contributed by atoms with Crippen molar-refractivity contribution in [1.29, 1.82) is 0 Å². The molecule has 0 rings (SSSR count). The lowest BCUT2D eigenvalue weighted by Gasteiger charge is -2.29. The molecule has 12 heavy (non-hydrogen) atoms. The van der Waals surface area contributed by atoms with Crippen LogP contribution in [0, 0.1) is 5.41 Å². The highest BCUT2D eigenvalue weighted by molar-refractivity contribution is 4.83. The Kier molecular flexibility index (Phi) is 4.91. The van der Waals surface area contributed by atoms with E-state index in [0.29, 0.717) is 6.61 Å². The molecular weight excluding hydrogens is 148 g/mol. The Morgan fingerprint density at radius 3 is 2.17 bits per heavy atom. The summed E-state index contributed by atoms with van der Waals surface area (Å²) in [5, 5.41) is 0. The van der Waals surface area contributed by atoms with Gasteiger partial charge in [-0.05, 0) is 11.8 Å². The molecule has 0 aliphatic rings. The van der Waals surface area contributed by atoms with Crippen LogP contribution in [0.1, 0.15) is 27.2 Å². The Bertz CT molecular complexity index is 142. The first-order valence-electron chi connectivity index (χ1n) is 4.35. The highest BCUT2D eigenvalue weighted by Gasteiger charge is 2.23. The minimum Gasteiger partial charge on any atom is -0.373 e. The van der Waals surface area contributed by atoms with E-state index in [4.69, 9.17) is 4.74 Å². The molecule has 0 aromatic carbocycles. The van der Waals surface area contributed by atoms with Crippen LogP contribution in [0.5, 0.6) is 0 Å². The summed E-state index contributed by atoms with van der Waals surface area (Å²) in [6, 6.07) is 0. The summed E-state index contributed by atoms with van der Waals surface area (Å²) in [6.07, 6.45) is 4.83. The second-order valence-electron chi connectivity index (χ2n) is 4.00. The van der Waals surface area contributed by atoms with Gasteiger partial charge in [-0.2, -0.15) is 0 Å². The smallest absolute Gasteiger partial charge is 0.0661 e. The van der Waals surface area contributed by atoms with Gasteiger partial charge in [0.2, 0.25) is 0 Å². The van der Waals surface area contributed by atoms with E-state index in [1.165, 1.54) is 0 Å². The third-order valence-corrected chi connectivity index (χ3v) is 1.76. The Morgan fingerprint density at radius 2 is 1.83 bits per heavy atom. The lowest BCUT2D eigenvalue weighted by atomic mass is 9.87. The third-order valence-electron chi connectivity index (χ3n) is 1.76. The first-order chi connectivity index (χ1) is 5.52. The van der Waals surface area contributed by atoms with Crippen LogP contribution in [0.4, 0.5) is 0 Å². The van der Waals surface area contributed by atoms with Crippen molar-refractivity contribution in [2.24, 2.45) is 5.41 Å². The summed E-state index contributed by atoms with van der Waals surface area (Å²) >= 11 is 0. The van der Waals surface area contributed by atoms with Crippen molar-refractivity contribution in [1.82, 2.24) is 0 Å². The molecule has 0 amide bonds. The maximum atomic E-state index is 5.61. The molecule has 1 nitrogen and oxygen atoms in total. The minimum absolute atomic E-state index is 0.178. The van der Waals surface area contributed by atoms with Gasteiger partial charge in [-0.3, -0.25) is 0 Å². The maximum absolute atomic E-state index is 5.61. The second-order valence-corrected chi connectivity index (χ2v) is 4.00. The van der Waals surface area contributed by atoms with E-state index in [1.54, 1.807) is 6.08 Å². The van der Waals surface area contributed by atoms with Gasteiger partial charge >= 0.3 is 0 Å². The summed E-state index contributed by atoms with van der Waals surface area (Å²) in [5.74, 6) is 0. The van der Waals surface area contributed by atoms with Gasteiger partial charge < -0.3 is 4.74 Å². The summed E-state index contributed by atoms with van der Waals surface area (Å²) < 4.78 is 5.61. The molecule has 70 valence electrons. The fourth-order valence-electron chi connectivity index (χ4n) is 1.01. The normalized spacial score (nSPS) is 13.9. The monoisotopic (exact) mass is 168 g/mol. The van der Waals surface area contributed by atoms with E-state index in [0.717, 1.165) is 6.42 Å².